The summed E-state index contributed by atoms with van der Waals surface area (Å²) in [5.41, 5.74) is 2.17. The maximum Gasteiger partial charge on any atom is 0.265 e. The molecule has 0 bridgehead atoms. The van der Waals surface area contributed by atoms with Crippen molar-refractivity contribution in [2.75, 3.05) is 7.11 Å². The molecule has 28 heavy (non-hydrogen) atoms. The van der Waals surface area contributed by atoms with Gasteiger partial charge < -0.3 is 4.74 Å². The molecule has 1 atom stereocenters. The summed E-state index contributed by atoms with van der Waals surface area (Å²) in [6, 6.07) is 9.27. The van der Waals surface area contributed by atoms with E-state index >= 15 is 0 Å². The Labute approximate surface area is 165 Å². The molecule has 0 radical (unpaired) electrons. The summed E-state index contributed by atoms with van der Waals surface area (Å²) in [6.07, 6.45) is 3.54. The lowest BCUT2D eigenvalue weighted by Crippen LogP contribution is -2.53. The predicted molar refractivity (Wildman–Crippen MR) is 105 cm³/mol. The van der Waals surface area contributed by atoms with Gasteiger partial charge in [0.15, 0.2) is 14.6 Å². The second-order valence-electron chi connectivity index (χ2n) is 7.08. The smallest absolute Gasteiger partial charge is 0.265 e. The molecule has 2 N–H and O–H groups in total. The number of hydrogen-bond acceptors (Lipinski definition) is 6. The molecule has 8 heteroatoms. The average molecular weight is 407 g/mol. The Morgan fingerprint density at radius 2 is 1.93 bits per heavy atom. The summed E-state index contributed by atoms with van der Waals surface area (Å²) in [6.45, 7) is 3.90. The van der Waals surface area contributed by atoms with Crippen LogP contribution in [-0.2, 0) is 21.1 Å². The zero-order valence-corrected chi connectivity index (χ0v) is 17.1. The summed E-state index contributed by atoms with van der Waals surface area (Å²) in [5.74, 6) is -0.274. The van der Waals surface area contributed by atoms with Gasteiger partial charge in [-0.1, -0.05) is 19.9 Å². The van der Waals surface area contributed by atoms with Crippen molar-refractivity contribution >= 4 is 15.7 Å². The number of ether oxygens (including phenoxy) is 1. The van der Waals surface area contributed by atoms with Gasteiger partial charge >= 0.3 is 0 Å². The van der Waals surface area contributed by atoms with Gasteiger partial charge in [-0.2, -0.15) is 0 Å². The Balaban J connectivity index is 2.62. The molecule has 0 saturated carbocycles. The Morgan fingerprint density at radius 3 is 2.43 bits per heavy atom. The highest BCUT2D eigenvalue weighted by atomic mass is 32.2. The number of aromatic nitrogens is 1. The molecule has 0 fully saturated rings. The molecule has 2 aromatic rings. The number of carbonyl (C=O) groups excluding carboxylic acids is 1. The molecule has 1 amide bonds. The molecule has 0 aliphatic carbocycles. The summed E-state index contributed by atoms with van der Waals surface area (Å²) >= 11 is 0. The first-order valence-electron chi connectivity index (χ1n) is 8.99. The van der Waals surface area contributed by atoms with Crippen molar-refractivity contribution in [2.24, 2.45) is 5.92 Å². The third kappa shape index (κ3) is 4.51. The van der Waals surface area contributed by atoms with E-state index in [0.717, 1.165) is 0 Å². The van der Waals surface area contributed by atoms with Gasteiger partial charge in [0.25, 0.3) is 5.91 Å². The SMILES string of the molecule is COc1ccc(S(=O)(=O)[C@](CCC(C)C)(Cc2cccnc2)C(=O)NO)cc1. The number of pyridine rings is 1. The third-order valence-corrected chi connectivity index (χ3v) is 7.19. The minimum atomic E-state index is -4.15. The van der Waals surface area contributed by atoms with Crippen LogP contribution in [0.4, 0.5) is 0 Å². The monoisotopic (exact) mass is 406 g/mol. The van der Waals surface area contributed by atoms with Crippen LogP contribution < -0.4 is 10.2 Å². The van der Waals surface area contributed by atoms with Crippen LogP contribution >= 0.6 is 0 Å². The van der Waals surface area contributed by atoms with E-state index in [1.54, 1.807) is 23.8 Å². The van der Waals surface area contributed by atoms with E-state index in [-0.39, 0.29) is 23.7 Å². The van der Waals surface area contributed by atoms with Crippen LogP contribution in [0.15, 0.2) is 53.7 Å². The molecule has 0 spiro atoms. The average Bonchev–Trinajstić information content (AvgIpc) is 2.71. The highest BCUT2D eigenvalue weighted by Crippen LogP contribution is 2.35. The summed E-state index contributed by atoms with van der Waals surface area (Å²) in [4.78, 5) is 16.8. The fraction of sp³-hybridized carbons (Fsp3) is 0.400. The van der Waals surface area contributed by atoms with E-state index in [1.165, 1.54) is 37.6 Å². The maximum absolute atomic E-state index is 13.6. The Bertz CT molecular complexity index is 883. The maximum atomic E-state index is 13.6. The van der Waals surface area contributed by atoms with Gasteiger partial charge in [0.1, 0.15) is 5.75 Å². The van der Waals surface area contributed by atoms with Crippen LogP contribution in [-0.4, -0.2) is 36.4 Å². The fourth-order valence-corrected chi connectivity index (χ4v) is 5.05. The quantitative estimate of drug-likeness (QED) is 0.490. The summed E-state index contributed by atoms with van der Waals surface area (Å²) in [7, 11) is -2.66. The van der Waals surface area contributed by atoms with E-state index in [2.05, 4.69) is 4.98 Å². The molecule has 1 aromatic heterocycles. The minimum Gasteiger partial charge on any atom is -0.497 e. The van der Waals surface area contributed by atoms with Crippen LogP contribution in [0, 0.1) is 5.92 Å². The Kier molecular flexibility index (Phi) is 7.15. The highest BCUT2D eigenvalue weighted by Gasteiger charge is 2.51. The number of carbonyl (C=O) groups is 1. The van der Waals surface area contributed by atoms with E-state index in [9.17, 15) is 18.4 Å². The first-order chi connectivity index (χ1) is 13.3. The topological polar surface area (TPSA) is 106 Å². The van der Waals surface area contributed by atoms with Gasteiger partial charge in [-0.15, -0.1) is 0 Å². The van der Waals surface area contributed by atoms with Crippen molar-refractivity contribution < 1.29 is 23.2 Å². The number of nitrogens with zero attached hydrogens (tertiary/aromatic N) is 1. The first-order valence-corrected chi connectivity index (χ1v) is 10.5. The zero-order valence-electron chi connectivity index (χ0n) is 16.3. The lowest BCUT2D eigenvalue weighted by atomic mass is 9.91. The van der Waals surface area contributed by atoms with Crippen LogP contribution in [0.25, 0.3) is 0 Å². The van der Waals surface area contributed by atoms with Crippen molar-refractivity contribution in [1.82, 2.24) is 10.5 Å². The van der Waals surface area contributed by atoms with Crippen molar-refractivity contribution in [3.8, 4) is 5.75 Å². The number of methoxy groups -OCH3 is 1. The number of nitrogens with one attached hydrogen (secondary N) is 1. The van der Waals surface area contributed by atoms with Gasteiger partial charge in [-0.25, -0.2) is 13.9 Å². The number of sulfone groups is 1. The standard InChI is InChI=1S/C20H26N2O5S/c1-15(2)10-11-20(19(23)22-24,13-16-5-4-12-21-14-16)28(25,26)18-8-6-17(27-3)7-9-18/h4-9,12,14-15,24H,10-11,13H2,1-3H3,(H,22,23)/t20-/m1/s1. The zero-order chi connectivity index (χ0) is 20.8. The highest BCUT2D eigenvalue weighted by molar-refractivity contribution is 7.93. The van der Waals surface area contributed by atoms with Crippen LogP contribution in [0.3, 0.4) is 0 Å². The number of amides is 1. The fourth-order valence-electron chi connectivity index (χ4n) is 3.07. The van der Waals surface area contributed by atoms with Crippen molar-refractivity contribution in [1.29, 1.82) is 0 Å². The molecule has 0 aliphatic heterocycles. The number of hydroxylamine groups is 1. The molecule has 1 aromatic carbocycles. The van der Waals surface area contributed by atoms with E-state index in [0.29, 0.717) is 17.7 Å². The Hall–Kier alpha value is -2.45. The van der Waals surface area contributed by atoms with E-state index in [4.69, 9.17) is 4.74 Å². The van der Waals surface area contributed by atoms with Crippen molar-refractivity contribution in [2.45, 2.75) is 42.8 Å². The molecule has 1 heterocycles. The summed E-state index contributed by atoms with van der Waals surface area (Å²) in [5, 5.41) is 9.41. The van der Waals surface area contributed by atoms with Crippen LogP contribution in [0.2, 0.25) is 0 Å². The molecule has 0 aliphatic rings. The van der Waals surface area contributed by atoms with Gasteiger partial charge in [0.05, 0.1) is 12.0 Å². The second kappa shape index (κ2) is 9.16. The molecular formula is C20H26N2O5S. The number of benzene rings is 1. The second-order valence-corrected chi connectivity index (χ2v) is 9.34. The molecule has 0 saturated heterocycles. The van der Waals surface area contributed by atoms with Crippen molar-refractivity contribution in [3.05, 3.63) is 54.4 Å². The molecule has 2 rings (SSSR count). The number of rotatable bonds is 9. The lowest BCUT2D eigenvalue weighted by molar-refractivity contribution is -0.132. The first kappa shape index (κ1) is 21.8. The largest absolute Gasteiger partial charge is 0.497 e. The third-order valence-electron chi connectivity index (χ3n) is 4.74. The van der Waals surface area contributed by atoms with Gasteiger partial charge in [0.2, 0.25) is 0 Å². The van der Waals surface area contributed by atoms with E-state index < -0.39 is 20.5 Å². The molecule has 7 nitrogen and oxygen atoms in total. The Morgan fingerprint density at radius 1 is 1.25 bits per heavy atom. The lowest BCUT2D eigenvalue weighted by Gasteiger charge is -2.32. The molecule has 0 unspecified atom stereocenters. The molecule has 152 valence electrons. The van der Waals surface area contributed by atoms with E-state index in [1.807, 2.05) is 13.8 Å². The van der Waals surface area contributed by atoms with Gasteiger partial charge in [-0.3, -0.25) is 15.0 Å². The van der Waals surface area contributed by atoms with Crippen molar-refractivity contribution in [3.63, 3.8) is 0 Å². The summed E-state index contributed by atoms with van der Waals surface area (Å²) < 4.78 is 30.5. The van der Waals surface area contributed by atoms with Crippen LogP contribution in [0.5, 0.6) is 5.75 Å². The number of hydrogen-bond donors (Lipinski definition) is 2. The predicted octanol–water partition coefficient (Wildman–Crippen LogP) is 2.79. The van der Waals surface area contributed by atoms with Crippen LogP contribution in [0.1, 0.15) is 32.3 Å². The minimum absolute atomic E-state index is 0.00968. The van der Waals surface area contributed by atoms with Gasteiger partial charge in [0, 0.05) is 18.8 Å². The normalized spacial score (nSPS) is 13.8. The molecular weight excluding hydrogens is 380 g/mol. The van der Waals surface area contributed by atoms with Gasteiger partial charge in [-0.05, 0) is 54.7 Å².